The molecule has 0 spiro atoms. The van der Waals surface area contributed by atoms with E-state index in [0.717, 1.165) is 36.8 Å². The van der Waals surface area contributed by atoms with Crippen molar-refractivity contribution in [3.05, 3.63) is 71.0 Å². The molecule has 1 saturated heterocycles. The second-order valence-corrected chi connectivity index (χ2v) is 6.79. The first-order valence-electron chi connectivity index (χ1n) is 9.57. The Morgan fingerprint density at radius 3 is 2.56 bits per heavy atom. The molecule has 1 fully saturated rings. The second kappa shape index (κ2) is 9.11. The van der Waals surface area contributed by atoms with E-state index in [2.05, 4.69) is 17.9 Å². The average Bonchev–Trinajstić information content (AvgIpc) is 2.75. The van der Waals surface area contributed by atoms with Gasteiger partial charge in [-0.1, -0.05) is 36.4 Å². The number of rotatable bonds is 2. The van der Waals surface area contributed by atoms with Gasteiger partial charge in [-0.15, -0.1) is 0 Å². The van der Waals surface area contributed by atoms with Crippen molar-refractivity contribution in [3.63, 3.8) is 0 Å². The van der Waals surface area contributed by atoms with Gasteiger partial charge < -0.3 is 15.4 Å². The maximum absolute atomic E-state index is 13.4. The summed E-state index contributed by atoms with van der Waals surface area (Å²) < 4.78 is 19.1. The zero-order valence-electron chi connectivity index (χ0n) is 15.7. The summed E-state index contributed by atoms with van der Waals surface area (Å²) in [6, 6.07) is 14.5. The molecule has 2 aromatic carbocycles. The van der Waals surface area contributed by atoms with Crippen LogP contribution in [0.4, 0.5) is 4.39 Å². The van der Waals surface area contributed by atoms with Crippen LogP contribution in [0, 0.1) is 5.82 Å². The molecule has 2 N–H and O–H groups in total. The van der Waals surface area contributed by atoms with Gasteiger partial charge in [-0.2, -0.15) is 0 Å². The minimum atomic E-state index is -0.345. The van der Waals surface area contributed by atoms with Crippen molar-refractivity contribution in [3.8, 4) is 0 Å². The molecule has 144 valence electrons. The van der Waals surface area contributed by atoms with Crippen LogP contribution in [-0.2, 0) is 16.0 Å². The van der Waals surface area contributed by atoms with Crippen molar-refractivity contribution in [2.24, 2.45) is 5.73 Å². The predicted molar refractivity (Wildman–Crippen MR) is 104 cm³/mol. The number of benzene rings is 2. The predicted octanol–water partition coefficient (Wildman–Crippen LogP) is 3.44. The van der Waals surface area contributed by atoms with Crippen LogP contribution in [0.3, 0.4) is 0 Å². The first-order valence-corrected chi connectivity index (χ1v) is 9.57. The third kappa shape index (κ3) is 4.20. The van der Waals surface area contributed by atoms with Crippen LogP contribution >= 0.6 is 0 Å². The SMILES string of the molecule is CN.O=C([C@H]1CCCCO1)N1CCc2ccccc2[C@@H]1c1ccc(F)cc1. The number of fused-ring (bicyclic) bond motifs is 1. The van der Waals surface area contributed by atoms with E-state index < -0.39 is 0 Å². The fourth-order valence-corrected chi connectivity index (χ4v) is 3.93. The highest BCUT2D eigenvalue weighted by Crippen LogP contribution is 2.36. The fraction of sp³-hybridized carbons (Fsp3) is 0.409. The number of carbonyl (C=O) groups is 1. The van der Waals surface area contributed by atoms with Gasteiger partial charge in [0.1, 0.15) is 11.9 Å². The quantitative estimate of drug-likeness (QED) is 0.881. The standard InChI is InChI=1S/C21H22FNO2.CH5N/c22-17-10-8-16(9-11-17)20-18-6-2-1-5-15(18)12-13-23(20)21(24)19-7-3-4-14-25-19;1-2/h1-2,5-6,8-11,19-20H,3-4,7,12-14H2;2H2,1H3/t19-,20+;/m1./s1. The van der Waals surface area contributed by atoms with Crippen molar-refractivity contribution in [2.75, 3.05) is 20.2 Å². The van der Waals surface area contributed by atoms with Crippen LogP contribution < -0.4 is 5.73 Å². The number of hydrogen-bond donors (Lipinski definition) is 1. The first kappa shape index (κ1) is 19.5. The van der Waals surface area contributed by atoms with Crippen molar-refractivity contribution in [2.45, 2.75) is 37.8 Å². The third-order valence-corrected chi connectivity index (χ3v) is 5.21. The molecule has 4 nitrogen and oxygen atoms in total. The molecular weight excluding hydrogens is 343 g/mol. The number of hydrogen-bond acceptors (Lipinski definition) is 3. The molecule has 2 heterocycles. The topological polar surface area (TPSA) is 55.6 Å². The summed E-state index contributed by atoms with van der Waals surface area (Å²) in [6.45, 7) is 1.32. The number of nitrogens with two attached hydrogens (primary N) is 1. The Hall–Kier alpha value is -2.24. The van der Waals surface area contributed by atoms with E-state index in [9.17, 15) is 9.18 Å². The van der Waals surface area contributed by atoms with Gasteiger partial charge in [-0.3, -0.25) is 4.79 Å². The smallest absolute Gasteiger partial charge is 0.252 e. The monoisotopic (exact) mass is 370 g/mol. The van der Waals surface area contributed by atoms with Crippen LogP contribution in [0.2, 0.25) is 0 Å². The van der Waals surface area contributed by atoms with Crippen molar-refractivity contribution in [1.29, 1.82) is 0 Å². The molecule has 4 rings (SSSR count). The summed E-state index contributed by atoms with van der Waals surface area (Å²) in [5.74, 6) is -0.204. The second-order valence-electron chi connectivity index (χ2n) is 6.79. The van der Waals surface area contributed by atoms with E-state index in [4.69, 9.17) is 4.74 Å². The average molecular weight is 370 g/mol. The van der Waals surface area contributed by atoms with Gasteiger partial charge >= 0.3 is 0 Å². The van der Waals surface area contributed by atoms with Crippen LogP contribution in [0.15, 0.2) is 48.5 Å². The number of nitrogens with zero attached hydrogens (tertiary/aromatic N) is 1. The van der Waals surface area contributed by atoms with E-state index in [-0.39, 0.29) is 23.9 Å². The highest BCUT2D eigenvalue weighted by molar-refractivity contribution is 5.82. The van der Waals surface area contributed by atoms with Crippen molar-refractivity contribution in [1.82, 2.24) is 4.90 Å². The van der Waals surface area contributed by atoms with Crippen LogP contribution in [0.5, 0.6) is 0 Å². The Morgan fingerprint density at radius 2 is 1.85 bits per heavy atom. The lowest BCUT2D eigenvalue weighted by molar-refractivity contribution is -0.148. The third-order valence-electron chi connectivity index (χ3n) is 5.21. The minimum absolute atomic E-state index is 0.0588. The molecular formula is C22H27FN2O2. The van der Waals surface area contributed by atoms with Crippen LogP contribution in [-0.4, -0.2) is 37.1 Å². The molecule has 1 amide bonds. The molecule has 0 unspecified atom stereocenters. The molecule has 5 heteroatoms. The number of ether oxygens (including phenoxy) is 1. The highest BCUT2D eigenvalue weighted by atomic mass is 19.1. The molecule has 0 radical (unpaired) electrons. The summed E-state index contributed by atoms with van der Waals surface area (Å²) in [7, 11) is 1.50. The van der Waals surface area contributed by atoms with Gasteiger partial charge in [0.05, 0.1) is 6.04 Å². The van der Waals surface area contributed by atoms with Crippen LogP contribution in [0.1, 0.15) is 42.0 Å². The van der Waals surface area contributed by atoms with E-state index >= 15 is 0 Å². The summed E-state index contributed by atoms with van der Waals surface area (Å²) in [5, 5.41) is 0. The lowest BCUT2D eigenvalue weighted by Gasteiger charge is -2.40. The Labute approximate surface area is 160 Å². The molecule has 0 bridgehead atoms. The van der Waals surface area contributed by atoms with Gasteiger partial charge in [-0.25, -0.2) is 4.39 Å². The number of amides is 1. The van der Waals surface area contributed by atoms with E-state index in [1.807, 2.05) is 17.0 Å². The Morgan fingerprint density at radius 1 is 1.11 bits per heavy atom. The van der Waals surface area contributed by atoms with E-state index in [1.54, 1.807) is 12.1 Å². The summed E-state index contributed by atoms with van der Waals surface area (Å²) in [4.78, 5) is 15.1. The first-order chi connectivity index (χ1) is 13.2. The molecule has 2 aliphatic heterocycles. The molecule has 0 aromatic heterocycles. The Kier molecular flexibility index (Phi) is 6.58. The zero-order valence-corrected chi connectivity index (χ0v) is 15.7. The Balaban J connectivity index is 0.00000102. The number of carbonyl (C=O) groups excluding carboxylic acids is 1. The highest BCUT2D eigenvalue weighted by Gasteiger charge is 2.36. The molecule has 2 atom stereocenters. The van der Waals surface area contributed by atoms with Crippen molar-refractivity contribution >= 4 is 5.91 Å². The van der Waals surface area contributed by atoms with Gasteiger partial charge in [0.15, 0.2) is 0 Å². The minimum Gasteiger partial charge on any atom is -0.368 e. The summed E-state index contributed by atoms with van der Waals surface area (Å²) in [5.41, 5.74) is 7.83. The van der Waals surface area contributed by atoms with Gasteiger partial charge in [-0.05, 0) is 61.6 Å². The number of halogens is 1. The summed E-state index contributed by atoms with van der Waals surface area (Å²) in [6.07, 6.45) is 3.33. The molecule has 0 saturated carbocycles. The van der Waals surface area contributed by atoms with E-state index in [0.29, 0.717) is 13.2 Å². The van der Waals surface area contributed by atoms with Gasteiger partial charge in [0, 0.05) is 13.2 Å². The normalized spacial score (nSPS) is 21.7. The van der Waals surface area contributed by atoms with Crippen LogP contribution in [0.25, 0.3) is 0 Å². The van der Waals surface area contributed by atoms with Crippen molar-refractivity contribution < 1.29 is 13.9 Å². The maximum atomic E-state index is 13.4. The molecule has 2 aromatic rings. The zero-order chi connectivity index (χ0) is 19.2. The van der Waals surface area contributed by atoms with E-state index in [1.165, 1.54) is 24.7 Å². The summed E-state index contributed by atoms with van der Waals surface area (Å²) >= 11 is 0. The lowest BCUT2D eigenvalue weighted by atomic mass is 9.87. The van der Waals surface area contributed by atoms with Gasteiger partial charge in [0.25, 0.3) is 5.91 Å². The molecule has 2 aliphatic rings. The molecule has 27 heavy (non-hydrogen) atoms. The fourth-order valence-electron chi connectivity index (χ4n) is 3.93. The maximum Gasteiger partial charge on any atom is 0.252 e. The Bertz CT molecular complexity index is 757. The largest absolute Gasteiger partial charge is 0.368 e. The van der Waals surface area contributed by atoms with Gasteiger partial charge in [0.2, 0.25) is 0 Å². The lowest BCUT2D eigenvalue weighted by Crippen LogP contribution is -2.47. The molecule has 0 aliphatic carbocycles.